The predicted octanol–water partition coefficient (Wildman–Crippen LogP) is 3.82. The first-order chi connectivity index (χ1) is 12.9. The van der Waals surface area contributed by atoms with Crippen LogP contribution in [0.2, 0.25) is 0 Å². The quantitative estimate of drug-likeness (QED) is 0.745. The second-order valence-corrected chi connectivity index (χ2v) is 7.20. The van der Waals surface area contributed by atoms with E-state index in [0.717, 1.165) is 5.56 Å². The number of nitrogens with zero attached hydrogens (tertiary/aromatic N) is 1. The Hall–Kier alpha value is -2.73. The van der Waals surface area contributed by atoms with Crippen molar-refractivity contribution in [2.24, 2.45) is 5.92 Å². The van der Waals surface area contributed by atoms with E-state index in [1.165, 1.54) is 0 Å². The highest BCUT2D eigenvalue weighted by Gasteiger charge is 2.17. The number of carbonyl (C=O) groups excluding carboxylic acids is 2. The van der Waals surface area contributed by atoms with Crippen LogP contribution < -0.4 is 10.6 Å². The van der Waals surface area contributed by atoms with Crippen molar-refractivity contribution < 1.29 is 9.59 Å². The maximum absolute atomic E-state index is 12.9. The number of amides is 2. The molecule has 0 atom stereocenters. The van der Waals surface area contributed by atoms with Gasteiger partial charge < -0.3 is 15.5 Å². The van der Waals surface area contributed by atoms with E-state index in [1.54, 1.807) is 30.1 Å². The highest BCUT2D eigenvalue weighted by Crippen LogP contribution is 2.18. The van der Waals surface area contributed by atoms with Gasteiger partial charge >= 0.3 is 0 Å². The Bertz CT molecular complexity index is 806. The zero-order valence-electron chi connectivity index (χ0n) is 15.9. The first-order valence-electron chi connectivity index (χ1n) is 8.86. The molecule has 142 valence electrons. The number of benzene rings is 2. The first kappa shape index (κ1) is 20.6. The van der Waals surface area contributed by atoms with E-state index in [-0.39, 0.29) is 22.8 Å². The van der Waals surface area contributed by atoms with Crippen molar-refractivity contribution in [1.29, 1.82) is 0 Å². The fraction of sp³-hybridized carbons (Fsp3) is 0.286. The summed E-state index contributed by atoms with van der Waals surface area (Å²) in [5, 5.41) is 5.80. The molecule has 2 N–H and O–H groups in total. The second kappa shape index (κ2) is 9.83. The molecule has 0 aliphatic rings. The van der Waals surface area contributed by atoms with Gasteiger partial charge in [-0.3, -0.25) is 9.59 Å². The monoisotopic (exact) mass is 383 g/mol. The molecule has 0 heterocycles. The predicted molar refractivity (Wildman–Crippen MR) is 112 cm³/mol. The number of anilines is 1. The molecular formula is C21H25N3O2S. The summed E-state index contributed by atoms with van der Waals surface area (Å²) in [5.74, 6) is -0.0286. The average molecular weight is 384 g/mol. The summed E-state index contributed by atoms with van der Waals surface area (Å²) in [4.78, 5) is 26.4. The standard InChI is InChI=1S/C21H25N3O2S/c1-15(2)13-19(25)23-21(27)22-18-12-8-7-11-17(18)20(26)24(3)14-16-9-5-4-6-10-16/h4-12,15H,13-14H2,1-3H3,(H2,22,23,25,27). The van der Waals surface area contributed by atoms with E-state index in [1.807, 2.05) is 50.2 Å². The fourth-order valence-electron chi connectivity index (χ4n) is 2.62. The highest BCUT2D eigenvalue weighted by atomic mass is 32.1. The molecule has 0 saturated heterocycles. The van der Waals surface area contributed by atoms with Gasteiger partial charge in [-0.25, -0.2) is 0 Å². The Morgan fingerprint density at radius 2 is 1.67 bits per heavy atom. The zero-order valence-corrected chi connectivity index (χ0v) is 16.7. The van der Waals surface area contributed by atoms with Crippen molar-refractivity contribution in [2.45, 2.75) is 26.8 Å². The third-order valence-corrected chi connectivity index (χ3v) is 4.07. The Labute approximate surface area is 165 Å². The van der Waals surface area contributed by atoms with Gasteiger partial charge in [0.15, 0.2) is 5.11 Å². The van der Waals surface area contributed by atoms with Crippen LogP contribution in [0, 0.1) is 5.92 Å². The summed E-state index contributed by atoms with van der Waals surface area (Å²) in [7, 11) is 1.76. The van der Waals surface area contributed by atoms with Crippen LogP contribution in [0.5, 0.6) is 0 Å². The van der Waals surface area contributed by atoms with Gasteiger partial charge in [-0.15, -0.1) is 0 Å². The normalized spacial score (nSPS) is 10.4. The molecule has 0 unspecified atom stereocenters. The molecule has 2 aromatic carbocycles. The molecule has 0 fully saturated rings. The molecular weight excluding hydrogens is 358 g/mol. The first-order valence-corrected chi connectivity index (χ1v) is 9.27. The third kappa shape index (κ3) is 6.49. The van der Waals surface area contributed by atoms with Gasteiger partial charge in [0.25, 0.3) is 5.91 Å². The summed E-state index contributed by atoms with van der Waals surface area (Å²) < 4.78 is 0. The molecule has 2 rings (SSSR count). The van der Waals surface area contributed by atoms with E-state index in [2.05, 4.69) is 10.6 Å². The molecule has 0 spiro atoms. The van der Waals surface area contributed by atoms with E-state index in [9.17, 15) is 9.59 Å². The number of thiocarbonyl (C=S) groups is 1. The molecule has 2 amide bonds. The summed E-state index contributed by atoms with van der Waals surface area (Å²) in [6.07, 6.45) is 0.391. The SMILES string of the molecule is CC(C)CC(=O)NC(=S)Nc1ccccc1C(=O)N(C)Cc1ccccc1. The van der Waals surface area contributed by atoms with Crippen molar-refractivity contribution in [1.82, 2.24) is 10.2 Å². The number of rotatable bonds is 6. The van der Waals surface area contributed by atoms with Crippen molar-refractivity contribution >= 4 is 34.8 Å². The minimum Gasteiger partial charge on any atom is -0.337 e. The lowest BCUT2D eigenvalue weighted by Crippen LogP contribution is -2.35. The minimum absolute atomic E-state index is 0.127. The molecule has 0 aliphatic heterocycles. The lowest BCUT2D eigenvalue weighted by molar-refractivity contribution is -0.120. The lowest BCUT2D eigenvalue weighted by Gasteiger charge is -2.20. The molecule has 0 radical (unpaired) electrons. The minimum atomic E-state index is -0.146. The molecule has 2 aromatic rings. The number of nitrogens with one attached hydrogen (secondary N) is 2. The maximum Gasteiger partial charge on any atom is 0.256 e. The van der Waals surface area contributed by atoms with Gasteiger partial charge in [0.1, 0.15) is 0 Å². The number of carbonyl (C=O) groups is 2. The van der Waals surface area contributed by atoms with Gasteiger partial charge in [-0.2, -0.15) is 0 Å². The summed E-state index contributed by atoms with van der Waals surface area (Å²) in [6.45, 7) is 4.43. The van der Waals surface area contributed by atoms with E-state index < -0.39 is 0 Å². The summed E-state index contributed by atoms with van der Waals surface area (Å²) in [5.41, 5.74) is 2.11. The molecule has 0 saturated carbocycles. The second-order valence-electron chi connectivity index (χ2n) is 6.79. The van der Waals surface area contributed by atoms with Gasteiger partial charge in [0.2, 0.25) is 5.91 Å². The van der Waals surface area contributed by atoms with Crippen molar-refractivity contribution in [3.05, 3.63) is 65.7 Å². The molecule has 5 nitrogen and oxygen atoms in total. The molecule has 0 bridgehead atoms. The Kier molecular flexibility index (Phi) is 7.49. The Morgan fingerprint density at radius 3 is 2.33 bits per heavy atom. The fourth-order valence-corrected chi connectivity index (χ4v) is 2.84. The summed E-state index contributed by atoms with van der Waals surface area (Å²) >= 11 is 5.21. The van der Waals surface area contributed by atoms with Crippen LogP contribution in [0.15, 0.2) is 54.6 Å². The topological polar surface area (TPSA) is 61.4 Å². The van der Waals surface area contributed by atoms with Crippen molar-refractivity contribution in [3.8, 4) is 0 Å². The summed E-state index contributed by atoms with van der Waals surface area (Å²) in [6, 6.07) is 16.9. The molecule has 0 aliphatic carbocycles. The number of hydrogen-bond donors (Lipinski definition) is 2. The molecule has 6 heteroatoms. The van der Waals surface area contributed by atoms with E-state index in [0.29, 0.717) is 24.2 Å². The largest absolute Gasteiger partial charge is 0.337 e. The zero-order chi connectivity index (χ0) is 19.8. The van der Waals surface area contributed by atoms with E-state index in [4.69, 9.17) is 12.2 Å². The Balaban J connectivity index is 2.06. The Morgan fingerprint density at radius 1 is 1.04 bits per heavy atom. The van der Waals surface area contributed by atoms with Gasteiger partial charge in [0.05, 0.1) is 11.3 Å². The van der Waals surface area contributed by atoms with Gasteiger partial charge in [0, 0.05) is 20.0 Å². The van der Waals surface area contributed by atoms with Crippen LogP contribution in [0.4, 0.5) is 5.69 Å². The van der Waals surface area contributed by atoms with Crippen LogP contribution in [0.25, 0.3) is 0 Å². The van der Waals surface area contributed by atoms with Crippen LogP contribution in [-0.2, 0) is 11.3 Å². The number of para-hydroxylation sites is 1. The van der Waals surface area contributed by atoms with Crippen LogP contribution in [-0.4, -0.2) is 28.9 Å². The highest BCUT2D eigenvalue weighted by molar-refractivity contribution is 7.80. The van der Waals surface area contributed by atoms with Crippen molar-refractivity contribution in [3.63, 3.8) is 0 Å². The smallest absolute Gasteiger partial charge is 0.256 e. The third-order valence-electron chi connectivity index (χ3n) is 3.86. The van der Waals surface area contributed by atoms with Gasteiger partial charge in [-0.1, -0.05) is 56.3 Å². The molecule has 27 heavy (non-hydrogen) atoms. The number of hydrogen-bond acceptors (Lipinski definition) is 3. The van der Waals surface area contributed by atoms with Crippen molar-refractivity contribution in [2.75, 3.05) is 12.4 Å². The van der Waals surface area contributed by atoms with E-state index >= 15 is 0 Å². The molecule has 0 aromatic heterocycles. The van der Waals surface area contributed by atoms with Crippen LogP contribution in [0.3, 0.4) is 0 Å². The average Bonchev–Trinajstić information content (AvgIpc) is 2.61. The maximum atomic E-state index is 12.9. The van der Waals surface area contributed by atoms with Gasteiger partial charge in [-0.05, 0) is 35.8 Å². The van der Waals surface area contributed by atoms with Crippen LogP contribution >= 0.6 is 12.2 Å². The van der Waals surface area contributed by atoms with Crippen LogP contribution in [0.1, 0.15) is 36.2 Å². The lowest BCUT2D eigenvalue weighted by atomic mass is 10.1.